The maximum atomic E-state index is 13.7. The molecule has 0 aliphatic carbocycles. The normalized spacial score (nSPS) is 13.8. The van der Waals surface area contributed by atoms with Crippen molar-refractivity contribution in [3.63, 3.8) is 0 Å². The second-order valence-corrected chi connectivity index (χ2v) is 12.1. The molecule has 0 unspecified atom stereocenters. The highest BCUT2D eigenvalue weighted by molar-refractivity contribution is 9.11. The summed E-state index contributed by atoms with van der Waals surface area (Å²) in [6.07, 6.45) is 6.33. The first-order valence-electron chi connectivity index (χ1n) is 14.3. The van der Waals surface area contributed by atoms with Crippen molar-refractivity contribution < 1.29 is 29.6 Å². The number of esters is 1. The summed E-state index contributed by atoms with van der Waals surface area (Å²) in [4.78, 5) is 25.9. The molecule has 1 aliphatic heterocycles. The molecule has 3 aromatic carbocycles. The Morgan fingerprint density at radius 1 is 0.805 bits per heavy atom. The van der Waals surface area contributed by atoms with Crippen molar-refractivity contribution in [3.8, 4) is 11.5 Å². The van der Waals surface area contributed by atoms with E-state index < -0.39 is 17.5 Å². The zero-order valence-electron chi connectivity index (χ0n) is 23.9. The number of halogens is 2. The first kappa shape index (κ1) is 31.1. The molecule has 3 aromatic rings. The lowest BCUT2D eigenvalue weighted by atomic mass is 9.75. The highest BCUT2D eigenvalue weighted by atomic mass is 79.9. The number of fused-ring (bicyclic) bond motifs is 1. The van der Waals surface area contributed by atoms with Gasteiger partial charge in [0, 0.05) is 14.5 Å². The Balaban J connectivity index is 2.24. The number of carbonyl (C=O) groups is 2. The van der Waals surface area contributed by atoms with Crippen LogP contribution in [0, 0.1) is 0 Å². The largest absolute Gasteiger partial charge is 0.507 e. The van der Waals surface area contributed by atoms with E-state index in [9.17, 15) is 24.9 Å². The zero-order valence-corrected chi connectivity index (χ0v) is 27.0. The number of aromatic hydroxyl groups is 2. The summed E-state index contributed by atoms with van der Waals surface area (Å²) in [5.74, 6) is -2.32. The molecule has 0 aromatic heterocycles. The summed E-state index contributed by atoms with van der Waals surface area (Å²) < 4.78 is 7.44. The summed E-state index contributed by atoms with van der Waals surface area (Å²) in [5.41, 5.74) is 2.57. The molecule has 0 atom stereocenters. The molecule has 6 nitrogen and oxygen atoms in total. The average Bonchev–Trinajstić information content (AvgIpc) is 3.21. The average molecular weight is 688 g/mol. The van der Waals surface area contributed by atoms with Crippen LogP contribution in [0.3, 0.4) is 0 Å². The number of benzene rings is 3. The summed E-state index contributed by atoms with van der Waals surface area (Å²) in [6.45, 7) is 8.28. The van der Waals surface area contributed by atoms with Gasteiger partial charge in [-0.05, 0) is 98.0 Å². The van der Waals surface area contributed by atoms with Gasteiger partial charge in [-0.15, -0.1) is 0 Å². The van der Waals surface area contributed by atoms with E-state index in [0.717, 1.165) is 60.8 Å². The second kappa shape index (κ2) is 12.6. The van der Waals surface area contributed by atoms with Crippen molar-refractivity contribution >= 4 is 43.8 Å². The molecule has 3 N–H and O–H groups in total. The van der Waals surface area contributed by atoms with Crippen molar-refractivity contribution in [2.24, 2.45) is 0 Å². The number of carbonyl (C=O) groups excluding carboxylic acids is 1. The second-order valence-electron chi connectivity index (χ2n) is 10.5. The lowest BCUT2D eigenvalue weighted by Gasteiger charge is -2.35. The Morgan fingerprint density at radius 3 is 1.68 bits per heavy atom. The standard InChI is InChI=1S/C33H36Br2O6/c1-5-10-18-16-24(36)27(29(34)20(18)12-7-3)33(23-15-9-14-22(31(38)39)26(23)32(40)41-33)28-25(37)17-19(11-6-2)21(13-8-4)30(28)35/h9,14-17,36-37H,5-8,10-13H2,1-4H3,(H,38,39). The van der Waals surface area contributed by atoms with E-state index in [1.807, 2.05) is 0 Å². The molecule has 4 rings (SSSR count). The van der Waals surface area contributed by atoms with Crippen LogP contribution in [-0.2, 0) is 36.0 Å². The van der Waals surface area contributed by atoms with Gasteiger partial charge < -0.3 is 20.1 Å². The monoisotopic (exact) mass is 686 g/mol. The molecular weight excluding hydrogens is 652 g/mol. The lowest BCUT2D eigenvalue weighted by Crippen LogP contribution is -2.32. The van der Waals surface area contributed by atoms with Crippen molar-refractivity contribution in [3.05, 3.63) is 89.3 Å². The van der Waals surface area contributed by atoms with Crippen molar-refractivity contribution in [1.29, 1.82) is 0 Å². The van der Waals surface area contributed by atoms with E-state index in [2.05, 4.69) is 59.6 Å². The molecule has 1 aliphatic rings. The van der Waals surface area contributed by atoms with Crippen LogP contribution in [0.1, 0.15) is 113 Å². The minimum Gasteiger partial charge on any atom is -0.507 e. The van der Waals surface area contributed by atoms with E-state index in [0.29, 0.717) is 21.8 Å². The Kier molecular flexibility index (Phi) is 9.54. The van der Waals surface area contributed by atoms with Gasteiger partial charge in [0.25, 0.3) is 0 Å². The molecule has 0 saturated carbocycles. The number of hydrogen-bond donors (Lipinski definition) is 3. The van der Waals surface area contributed by atoms with Gasteiger partial charge in [0.15, 0.2) is 5.60 Å². The molecule has 0 radical (unpaired) electrons. The fraction of sp³-hybridized carbons (Fsp3) is 0.394. The molecule has 1 heterocycles. The number of ether oxygens (including phenoxy) is 1. The van der Waals surface area contributed by atoms with E-state index >= 15 is 0 Å². The third kappa shape index (κ3) is 5.18. The molecule has 0 fully saturated rings. The topological polar surface area (TPSA) is 104 Å². The van der Waals surface area contributed by atoms with Crippen molar-refractivity contribution in [2.45, 2.75) is 84.7 Å². The lowest BCUT2D eigenvalue weighted by molar-refractivity contribution is 0.0232. The number of hydrogen-bond acceptors (Lipinski definition) is 5. The fourth-order valence-electron chi connectivity index (χ4n) is 6.14. The zero-order chi connectivity index (χ0) is 30.1. The van der Waals surface area contributed by atoms with Crippen LogP contribution in [0.5, 0.6) is 11.5 Å². The number of phenols is 2. The SMILES string of the molecule is CCCc1cc(O)c(C2(c3c(O)cc(CCC)c(CCC)c3Br)OC(=O)c3c(C(=O)O)cccc32)c(Br)c1CCC. The minimum atomic E-state index is -1.83. The molecular formula is C33H36Br2O6. The summed E-state index contributed by atoms with van der Waals surface area (Å²) in [7, 11) is 0. The van der Waals surface area contributed by atoms with Crippen LogP contribution in [0.4, 0.5) is 0 Å². The maximum absolute atomic E-state index is 13.7. The van der Waals surface area contributed by atoms with E-state index in [1.165, 1.54) is 6.07 Å². The molecule has 8 heteroatoms. The number of carboxylic acids is 1. The molecule has 0 bridgehead atoms. The molecule has 0 saturated heterocycles. The molecule has 0 amide bonds. The first-order valence-corrected chi connectivity index (χ1v) is 15.8. The van der Waals surface area contributed by atoms with Gasteiger partial charge in [0.1, 0.15) is 11.5 Å². The van der Waals surface area contributed by atoms with Crippen LogP contribution >= 0.6 is 31.9 Å². The van der Waals surface area contributed by atoms with Gasteiger partial charge >= 0.3 is 11.9 Å². The third-order valence-corrected chi connectivity index (χ3v) is 9.50. The smallest absolute Gasteiger partial charge is 0.341 e. The van der Waals surface area contributed by atoms with Crippen LogP contribution < -0.4 is 0 Å². The number of phenolic OH excluding ortho intramolecular Hbond substituents is 2. The van der Waals surface area contributed by atoms with Gasteiger partial charge in [0.05, 0.1) is 22.3 Å². The fourth-order valence-corrected chi connectivity index (χ4v) is 8.01. The van der Waals surface area contributed by atoms with E-state index in [-0.39, 0.29) is 39.3 Å². The highest BCUT2D eigenvalue weighted by Gasteiger charge is 2.55. The Labute approximate surface area is 258 Å². The van der Waals surface area contributed by atoms with E-state index in [4.69, 9.17) is 4.74 Å². The number of aryl methyl sites for hydroxylation is 2. The summed E-state index contributed by atoms with van der Waals surface area (Å²) in [6, 6.07) is 8.00. The van der Waals surface area contributed by atoms with Crippen LogP contribution in [-0.4, -0.2) is 27.3 Å². The number of cyclic esters (lactones) is 1. The number of rotatable bonds is 11. The minimum absolute atomic E-state index is 0.0954. The van der Waals surface area contributed by atoms with Crippen LogP contribution in [0.2, 0.25) is 0 Å². The van der Waals surface area contributed by atoms with Crippen LogP contribution in [0.15, 0.2) is 39.3 Å². The van der Waals surface area contributed by atoms with Gasteiger partial charge in [-0.3, -0.25) is 0 Å². The predicted molar refractivity (Wildman–Crippen MR) is 166 cm³/mol. The summed E-state index contributed by atoms with van der Waals surface area (Å²) in [5, 5.41) is 33.4. The van der Waals surface area contributed by atoms with E-state index in [1.54, 1.807) is 24.3 Å². The molecule has 41 heavy (non-hydrogen) atoms. The van der Waals surface area contributed by atoms with Gasteiger partial charge in [-0.2, -0.15) is 0 Å². The number of carboxylic acid groups (broad SMARTS) is 1. The first-order chi connectivity index (χ1) is 19.6. The van der Waals surface area contributed by atoms with Crippen molar-refractivity contribution in [2.75, 3.05) is 0 Å². The Morgan fingerprint density at radius 2 is 1.27 bits per heavy atom. The highest BCUT2D eigenvalue weighted by Crippen LogP contribution is 2.58. The molecule has 218 valence electrons. The summed E-state index contributed by atoms with van der Waals surface area (Å²) >= 11 is 7.58. The van der Waals surface area contributed by atoms with Gasteiger partial charge in [0.2, 0.25) is 0 Å². The molecule has 0 spiro atoms. The Bertz CT molecular complexity index is 1440. The van der Waals surface area contributed by atoms with Crippen molar-refractivity contribution in [1.82, 2.24) is 0 Å². The van der Waals surface area contributed by atoms with Crippen LogP contribution in [0.25, 0.3) is 0 Å². The predicted octanol–water partition coefficient (Wildman–Crippen LogP) is 8.59. The number of aromatic carboxylic acids is 1. The van der Waals surface area contributed by atoms with Gasteiger partial charge in [-0.1, -0.05) is 65.5 Å². The quantitative estimate of drug-likeness (QED) is 0.175. The third-order valence-electron chi connectivity index (χ3n) is 7.75. The maximum Gasteiger partial charge on any atom is 0.341 e. The van der Waals surface area contributed by atoms with Gasteiger partial charge in [-0.25, -0.2) is 9.59 Å². The Hall–Kier alpha value is -2.84.